The van der Waals surface area contributed by atoms with Crippen LogP contribution in [0.4, 0.5) is 4.79 Å². The molecule has 0 aliphatic heterocycles. The van der Waals surface area contributed by atoms with Gasteiger partial charge in [-0.2, -0.15) is 0 Å². The Kier molecular flexibility index (Phi) is 12.4. The molecule has 0 rings (SSSR count). The number of urea groups is 1. The molecular formula is C13H28N4O2S. The standard InChI is InChI=1S/C13H28N4O2S/c1-2-3-4-5-6-7-10-19-11-8-9-16-13(18)17(20)12(14)15/h20H,2-11H2,1H3,(H3,14,15)(H,16,18). The van der Waals surface area contributed by atoms with Gasteiger partial charge < -0.3 is 15.8 Å². The average Bonchev–Trinajstić information content (AvgIpc) is 2.43. The fraction of sp³-hybridized carbons (Fsp3) is 0.846. The molecule has 0 atom stereocenters. The van der Waals surface area contributed by atoms with E-state index in [2.05, 4.69) is 25.1 Å². The summed E-state index contributed by atoms with van der Waals surface area (Å²) in [6.07, 6.45) is 8.27. The van der Waals surface area contributed by atoms with Crippen LogP contribution in [0.5, 0.6) is 0 Å². The van der Waals surface area contributed by atoms with E-state index in [4.69, 9.17) is 15.9 Å². The summed E-state index contributed by atoms with van der Waals surface area (Å²) in [5, 5.41) is 9.62. The maximum Gasteiger partial charge on any atom is 0.334 e. The van der Waals surface area contributed by atoms with Gasteiger partial charge in [0.05, 0.1) is 0 Å². The smallest absolute Gasteiger partial charge is 0.334 e. The van der Waals surface area contributed by atoms with Crippen LogP contribution in [0, 0.1) is 5.41 Å². The lowest BCUT2D eigenvalue weighted by Gasteiger charge is -2.13. The van der Waals surface area contributed by atoms with E-state index in [0.29, 0.717) is 13.2 Å². The Balaban J connectivity index is 3.24. The summed E-state index contributed by atoms with van der Waals surface area (Å²) < 4.78 is 6.24. The van der Waals surface area contributed by atoms with Crippen molar-refractivity contribution in [1.29, 1.82) is 5.41 Å². The van der Waals surface area contributed by atoms with Crippen LogP contribution in [0.25, 0.3) is 0 Å². The Morgan fingerprint density at radius 1 is 1.20 bits per heavy atom. The number of nitrogens with zero attached hydrogens (tertiary/aromatic N) is 1. The van der Waals surface area contributed by atoms with Crippen LogP contribution in [0.1, 0.15) is 51.9 Å². The molecule has 0 fully saturated rings. The van der Waals surface area contributed by atoms with Crippen molar-refractivity contribution < 1.29 is 9.53 Å². The molecule has 4 N–H and O–H groups in total. The second-order valence-corrected chi connectivity index (χ2v) is 5.06. The number of guanidine groups is 1. The summed E-state index contributed by atoms with van der Waals surface area (Å²) in [7, 11) is 0. The normalized spacial score (nSPS) is 10.3. The number of ether oxygens (including phenoxy) is 1. The molecule has 0 aromatic rings. The van der Waals surface area contributed by atoms with Gasteiger partial charge in [-0.1, -0.05) is 51.8 Å². The largest absolute Gasteiger partial charge is 0.381 e. The third kappa shape index (κ3) is 10.9. The lowest BCUT2D eigenvalue weighted by molar-refractivity contribution is 0.127. The van der Waals surface area contributed by atoms with Gasteiger partial charge in [-0.25, -0.2) is 9.10 Å². The Hall–Kier alpha value is -0.950. The number of unbranched alkanes of at least 4 members (excludes halogenated alkanes) is 5. The summed E-state index contributed by atoms with van der Waals surface area (Å²) in [4.78, 5) is 11.3. The van der Waals surface area contributed by atoms with Gasteiger partial charge in [-0.3, -0.25) is 5.41 Å². The topological polar surface area (TPSA) is 91.4 Å². The average molecular weight is 304 g/mol. The van der Waals surface area contributed by atoms with E-state index in [1.165, 1.54) is 32.1 Å². The van der Waals surface area contributed by atoms with Crippen molar-refractivity contribution >= 4 is 24.8 Å². The predicted molar refractivity (Wildman–Crippen MR) is 84.9 cm³/mol. The highest BCUT2D eigenvalue weighted by Gasteiger charge is 2.10. The van der Waals surface area contributed by atoms with Crippen molar-refractivity contribution in [3.63, 3.8) is 0 Å². The zero-order valence-corrected chi connectivity index (χ0v) is 13.3. The van der Waals surface area contributed by atoms with Gasteiger partial charge in [0.25, 0.3) is 0 Å². The lowest BCUT2D eigenvalue weighted by atomic mass is 10.1. The highest BCUT2D eigenvalue weighted by Crippen LogP contribution is 2.04. The zero-order valence-electron chi connectivity index (χ0n) is 12.4. The number of hydrogen-bond donors (Lipinski definition) is 4. The van der Waals surface area contributed by atoms with Gasteiger partial charge in [0, 0.05) is 19.8 Å². The van der Waals surface area contributed by atoms with E-state index in [-0.39, 0.29) is 0 Å². The van der Waals surface area contributed by atoms with Crippen molar-refractivity contribution in [3.8, 4) is 0 Å². The fourth-order valence-electron chi connectivity index (χ4n) is 1.64. The second kappa shape index (κ2) is 13.1. The Morgan fingerprint density at radius 3 is 2.45 bits per heavy atom. The van der Waals surface area contributed by atoms with Crippen molar-refractivity contribution in [2.75, 3.05) is 19.8 Å². The summed E-state index contributed by atoms with van der Waals surface area (Å²) in [6, 6.07) is -0.489. The molecule has 0 bridgehead atoms. The number of nitrogens with two attached hydrogens (primary N) is 1. The first-order valence-corrected chi connectivity index (χ1v) is 7.68. The Bertz CT molecular complexity index is 277. The molecule has 0 unspecified atom stereocenters. The third-order valence-corrected chi connectivity index (χ3v) is 3.20. The minimum atomic E-state index is -0.489. The Morgan fingerprint density at radius 2 is 1.80 bits per heavy atom. The molecule has 0 aliphatic rings. The minimum Gasteiger partial charge on any atom is -0.381 e. The van der Waals surface area contributed by atoms with Crippen LogP contribution >= 0.6 is 12.8 Å². The quantitative estimate of drug-likeness (QED) is 0.204. The van der Waals surface area contributed by atoms with Crippen LogP contribution in [0.15, 0.2) is 0 Å². The number of carbonyl (C=O) groups excluding carboxylic acids is 1. The summed E-state index contributed by atoms with van der Waals surface area (Å²) in [6.45, 7) is 4.11. The van der Waals surface area contributed by atoms with Crippen LogP contribution in [-0.4, -0.2) is 36.1 Å². The van der Waals surface area contributed by atoms with Gasteiger partial charge in [0.15, 0.2) is 0 Å². The first kappa shape index (κ1) is 19.1. The van der Waals surface area contributed by atoms with Crippen molar-refractivity contribution in [2.45, 2.75) is 51.9 Å². The summed E-state index contributed by atoms with van der Waals surface area (Å²) in [5.74, 6) is -0.398. The van der Waals surface area contributed by atoms with Crippen LogP contribution in [0.3, 0.4) is 0 Å². The first-order valence-electron chi connectivity index (χ1n) is 7.28. The maximum atomic E-state index is 11.3. The number of amides is 2. The van der Waals surface area contributed by atoms with Gasteiger partial charge in [-0.15, -0.1) is 0 Å². The molecule has 0 saturated carbocycles. The molecule has 7 heteroatoms. The molecule has 0 spiro atoms. The minimum absolute atomic E-state index is 0.398. The van der Waals surface area contributed by atoms with Crippen LogP contribution < -0.4 is 11.1 Å². The van der Waals surface area contributed by atoms with E-state index in [9.17, 15) is 4.79 Å². The molecule has 0 heterocycles. The van der Waals surface area contributed by atoms with Crippen molar-refractivity contribution in [3.05, 3.63) is 0 Å². The summed E-state index contributed by atoms with van der Waals surface area (Å²) >= 11 is 3.77. The number of hydrogen-bond acceptors (Lipinski definition) is 4. The number of rotatable bonds is 11. The number of nitrogens with one attached hydrogen (secondary N) is 2. The van der Waals surface area contributed by atoms with Crippen molar-refractivity contribution in [2.24, 2.45) is 5.73 Å². The molecule has 0 aromatic heterocycles. The highest BCUT2D eigenvalue weighted by molar-refractivity contribution is 7.79. The SMILES string of the molecule is CCCCCCCCOCCCNC(=O)N(S)C(=N)N. The van der Waals surface area contributed by atoms with E-state index >= 15 is 0 Å². The van der Waals surface area contributed by atoms with Gasteiger partial charge >= 0.3 is 6.03 Å². The van der Waals surface area contributed by atoms with Gasteiger partial charge in [-0.05, 0) is 12.8 Å². The molecule has 118 valence electrons. The van der Waals surface area contributed by atoms with Gasteiger partial charge in [0.1, 0.15) is 0 Å². The first-order chi connectivity index (χ1) is 9.59. The lowest BCUT2D eigenvalue weighted by Crippen LogP contribution is -2.41. The number of carbonyl (C=O) groups is 1. The van der Waals surface area contributed by atoms with Crippen LogP contribution in [-0.2, 0) is 4.74 Å². The van der Waals surface area contributed by atoms with Crippen LogP contribution in [0.2, 0.25) is 0 Å². The zero-order chi connectivity index (χ0) is 15.2. The van der Waals surface area contributed by atoms with E-state index in [1.54, 1.807) is 0 Å². The Labute approximate surface area is 127 Å². The molecule has 2 amide bonds. The van der Waals surface area contributed by atoms with Gasteiger partial charge in [0.2, 0.25) is 5.96 Å². The third-order valence-electron chi connectivity index (χ3n) is 2.80. The fourth-order valence-corrected chi connectivity index (χ4v) is 1.71. The predicted octanol–water partition coefficient (Wildman–Crippen LogP) is 2.50. The molecule has 0 radical (unpaired) electrons. The maximum absolute atomic E-state index is 11.3. The van der Waals surface area contributed by atoms with E-state index < -0.39 is 12.0 Å². The number of thiol groups is 1. The monoisotopic (exact) mass is 304 g/mol. The molecule has 0 aliphatic carbocycles. The molecule has 0 saturated heterocycles. The molecule has 20 heavy (non-hydrogen) atoms. The van der Waals surface area contributed by atoms with E-state index in [1.807, 2.05) is 0 Å². The molecule has 0 aromatic carbocycles. The molecular weight excluding hydrogens is 276 g/mol. The van der Waals surface area contributed by atoms with E-state index in [0.717, 1.165) is 23.8 Å². The van der Waals surface area contributed by atoms with Crippen molar-refractivity contribution in [1.82, 2.24) is 9.62 Å². The molecule has 6 nitrogen and oxygen atoms in total. The highest BCUT2D eigenvalue weighted by atomic mass is 32.1. The second-order valence-electron chi connectivity index (χ2n) is 4.66. The summed E-state index contributed by atoms with van der Waals surface area (Å²) in [5.41, 5.74) is 5.11.